The van der Waals surface area contributed by atoms with Gasteiger partial charge in [0, 0.05) is 6.20 Å². The molecular formula is C20H17ClN2O4. The SMILES string of the molecule is COc1cc2ccccc2cc1C(=O)O[C@@H](C)C(=O)Nc1ccc(Cl)cn1. The molecule has 0 saturated heterocycles. The Morgan fingerprint density at radius 3 is 2.44 bits per heavy atom. The average molecular weight is 385 g/mol. The molecule has 0 aliphatic rings. The third-order valence-electron chi connectivity index (χ3n) is 3.92. The third-order valence-corrected chi connectivity index (χ3v) is 4.14. The molecule has 0 bridgehead atoms. The van der Waals surface area contributed by atoms with Crippen molar-refractivity contribution in [3.63, 3.8) is 0 Å². The van der Waals surface area contributed by atoms with Crippen LogP contribution in [0.3, 0.4) is 0 Å². The molecule has 0 spiro atoms. The second-order valence-corrected chi connectivity index (χ2v) is 6.23. The van der Waals surface area contributed by atoms with Crippen LogP contribution >= 0.6 is 11.6 Å². The van der Waals surface area contributed by atoms with E-state index in [9.17, 15) is 9.59 Å². The first-order valence-corrected chi connectivity index (χ1v) is 8.56. The van der Waals surface area contributed by atoms with Gasteiger partial charge >= 0.3 is 5.97 Å². The normalized spacial score (nSPS) is 11.7. The van der Waals surface area contributed by atoms with Crippen molar-refractivity contribution in [1.82, 2.24) is 4.98 Å². The van der Waals surface area contributed by atoms with Crippen LogP contribution in [-0.2, 0) is 9.53 Å². The average Bonchev–Trinajstić information content (AvgIpc) is 2.68. The molecule has 1 amide bonds. The first kappa shape index (κ1) is 18.7. The van der Waals surface area contributed by atoms with Gasteiger partial charge in [0.1, 0.15) is 17.1 Å². The summed E-state index contributed by atoms with van der Waals surface area (Å²) < 4.78 is 10.6. The van der Waals surface area contributed by atoms with Crippen molar-refractivity contribution in [2.45, 2.75) is 13.0 Å². The van der Waals surface area contributed by atoms with Crippen LogP contribution in [0.4, 0.5) is 5.82 Å². The molecule has 27 heavy (non-hydrogen) atoms. The highest BCUT2D eigenvalue weighted by Gasteiger charge is 2.22. The zero-order valence-corrected chi connectivity index (χ0v) is 15.5. The summed E-state index contributed by atoms with van der Waals surface area (Å²) in [7, 11) is 1.48. The Morgan fingerprint density at radius 1 is 1.11 bits per heavy atom. The van der Waals surface area contributed by atoms with Gasteiger partial charge in [-0.2, -0.15) is 0 Å². The van der Waals surface area contributed by atoms with Crippen molar-refractivity contribution in [3.8, 4) is 5.75 Å². The molecule has 1 N–H and O–H groups in total. The number of rotatable bonds is 5. The van der Waals surface area contributed by atoms with Crippen LogP contribution in [0.15, 0.2) is 54.7 Å². The Labute approximate surface area is 161 Å². The number of ether oxygens (including phenoxy) is 2. The quantitative estimate of drug-likeness (QED) is 0.670. The van der Waals surface area contributed by atoms with Gasteiger partial charge in [0.25, 0.3) is 5.91 Å². The monoisotopic (exact) mass is 384 g/mol. The van der Waals surface area contributed by atoms with Gasteiger partial charge < -0.3 is 14.8 Å². The Hall–Kier alpha value is -3.12. The predicted octanol–water partition coefficient (Wildman–Crippen LogP) is 4.08. The highest BCUT2D eigenvalue weighted by molar-refractivity contribution is 6.30. The van der Waals surface area contributed by atoms with Crippen molar-refractivity contribution in [2.24, 2.45) is 0 Å². The van der Waals surface area contributed by atoms with Crippen LogP contribution in [0.25, 0.3) is 10.8 Å². The third kappa shape index (κ3) is 4.35. The molecule has 0 fully saturated rings. The van der Waals surface area contributed by atoms with E-state index >= 15 is 0 Å². The maximum absolute atomic E-state index is 12.6. The zero-order chi connectivity index (χ0) is 19.4. The molecule has 7 heteroatoms. The maximum atomic E-state index is 12.6. The maximum Gasteiger partial charge on any atom is 0.342 e. The van der Waals surface area contributed by atoms with Gasteiger partial charge in [0.05, 0.1) is 12.1 Å². The number of pyridine rings is 1. The predicted molar refractivity (Wildman–Crippen MR) is 103 cm³/mol. The number of halogens is 1. The summed E-state index contributed by atoms with van der Waals surface area (Å²) in [4.78, 5) is 28.8. The number of hydrogen-bond donors (Lipinski definition) is 1. The van der Waals surface area contributed by atoms with Gasteiger partial charge in [-0.05, 0) is 42.0 Å². The Balaban J connectivity index is 1.74. The van der Waals surface area contributed by atoms with E-state index in [4.69, 9.17) is 21.1 Å². The number of nitrogens with zero attached hydrogens (tertiary/aromatic N) is 1. The van der Waals surface area contributed by atoms with E-state index in [1.165, 1.54) is 20.2 Å². The lowest BCUT2D eigenvalue weighted by atomic mass is 10.1. The summed E-state index contributed by atoms with van der Waals surface area (Å²) in [6, 6.07) is 14.2. The number of anilines is 1. The summed E-state index contributed by atoms with van der Waals surface area (Å²) in [5.41, 5.74) is 0.250. The molecule has 1 atom stereocenters. The first-order chi connectivity index (χ1) is 13.0. The van der Waals surface area contributed by atoms with Crippen LogP contribution in [-0.4, -0.2) is 30.1 Å². The fraction of sp³-hybridized carbons (Fsp3) is 0.150. The number of methoxy groups -OCH3 is 1. The van der Waals surface area contributed by atoms with Crippen molar-refractivity contribution in [3.05, 3.63) is 65.3 Å². The topological polar surface area (TPSA) is 77.5 Å². The number of esters is 1. The molecule has 138 valence electrons. The van der Waals surface area contributed by atoms with E-state index in [2.05, 4.69) is 10.3 Å². The number of hydrogen-bond acceptors (Lipinski definition) is 5. The number of benzene rings is 2. The Kier molecular flexibility index (Phi) is 5.57. The molecule has 0 saturated carbocycles. The molecule has 1 heterocycles. The van der Waals surface area contributed by atoms with E-state index < -0.39 is 18.0 Å². The standard InChI is InChI=1S/C20H17ClN2O4/c1-12(19(24)23-18-8-7-15(21)11-22-18)27-20(25)16-9-13-5-3-4-6-14(13)10-17(16)26-2/h3-12H,1-2H3,(H,22,23,24)/t12-/m0/s1. The molecule has 0 radical (unpaired) electrons. The van der Waals surface area contributed by atoms with Crippen LogP contribution in [0.5, 0.6) is 5.75 Å². The van der Waals surface area contributed by atoms with Gasteiger partial charge in [-0.3, -0.25) is 4.79 Å². The zero-order valence-electron chi connectivity index (χ0n) is 14.7. The number of amides is 1. The molecule has 3 aromatic rings. The summed E-state index contributed by atoms with van der Waals surface area (Å²) in [5.74, 6) is -0.455. The highest BCUT2D eigenvalue weighted by Crippen LogP contribution is 2.27. The van der Waals surface area contributed by atoms with Crippen LogP contribution in [0, 0.1) is 0 Å². The van der Waals surface area contributed by atoms with Crippen molar-refractivity contribution < 1.29 is 19.1 Å². The molecule has 1 aromatic heterocycles. The van der Waals surface area contributed by atoms with E-state index in [0.29, 0.717) is 16.6 Å². The Bertz CT molecular complexity index is 989. The van der Waals surface area contributed by atoms with Crippen LogP contribution in [0.1, 0.15) is 17.3 Å². The number of fused-ring (bicyclic) bond motifs is 1. The van der Waals surface area contributed by atoms with Gasteiger partial charge in [-0.15, -0.1) is 0 Å². The highest BCUT2D eigenvalue weighted by atomic mass is 35.5. The largest absolute Gasteiger partial charge is 0.496 e. The second-order valence-electron chi connectivity index (χ2n) is 5.80. The number of aromatic nitrogens is 1. The minimum absolute atomic E-state index is 0.250. The lowest BCUT2D eigenvalue weighted by Crippen LogP contribution is -2.30. The summed E-state index contributed by atoms with van der Waals surface area (Å²) in [6.07, 6.45) is 0.388. The van der Waals surface area contributed by atoms with E-state index in [-0.39, 0.29) is 5.56 Å². The van der Waals surface area contributed by atoms with Crippen LogP contribution < -0.4 is 10.1 Å². The van der Waals surface area contributed by atoms with Gasteiger partial charge in [-0.25, -0.2) is 9.78 Å². The minimum Gasteiger partial charge on any atom is -0.496 e. The van der Waals surface area contributed by atoms with Gasteiger partial charge in [-0.1, -0.05) is 35.9 Å². The lowest BCUT2D eigenvalue weighted by molar-refractivity contribution is -0.123. The molecular weight excluding hydrogens is 368 g/mol. The van der Waals surface area contributed by atoms with E-state index in [1.807, 2.05) is 24.3 Å². The van der Waals surface area contributed by atoms with Crippen LogP contribution in [0.2, 0.25) is 5.02 Å². The summed E-state index contributed by atoms with van der Waals surface area (Å²) in [5, 5.41) is 4.83. The number of nitrogens with one attached hydrogen (secondary N) is 1. The molecule has 2 aromatic carbocycles. The molecule has 0 aliphatic heterocycles. The smallest absolute Gasteiger partial charge is 0.342 e. The minimum atomic E-state index is -1.02. The van der Waals surface area contributed by atoms with Gasteiger partial charge in [0.2, 0.25) is 0 Å². The lowest BCUT2D eigenvalue weighted by Gasteiger charge is -2.15. The number of carbonyl (C=O) groups excluding carboxylic acids is 2. The fourth-order valence-electron chi connectivity index (χ4n) is 2.50. The summed E-state index contributed by atoms with van der Waals surface area (Å²) >= 11 is 5.76. The molecule has 6 nitrogen and oxygen atoms in total. The Morgan fingerprint density at radius 2 is 1.81 bits per heavy atom. The van der Waals surface area contributed by atoms with Crippen molar-refractivity contribution >= 4 is 40.1 Å². The van der Waals surface area contributed by atoms with Crippen molar-refractivity contribution in [2.75, 3.05) is 12.4 Å². The van der Waals surface area contributed by atoms with Crippen molar-refractivity contribution in [1.29, 1.82) is 0 Å². The number of carbonyl (C=O) groups is 2. The second kappa shape index (κ2) is 8.05. The molecule has 0 aliphatic carbocycles. The first-order valence-electron chi connectivity index (χ1n) is 8.18. The fourth-order valence-corrected chi connectivity index (χ4v) is 2.61. The molecule has 3 rings (SSSR count). The van der Waals surface area contributed by atoms with Gasteiger partial charge in [0.15, 0.2) is 6.10 Å². The van der Waals surface area contributed by atoms with E-state index in [0.717, 1.165) is 10.8 Å². The molecule has 0 unspecified atom stereocenters. The van der Waals surface area contributed by atoms with E-state index in [1.54, 1.807) is 24.3 Å². The summed E-state index contributed by atoms with van der Waals surface area (Å²) in [6.45, 7) is 1.48.